The minimum absolute atomic E-state index is 0.144. The fraction of sp³-hybridized carbons (Fsp3) is 0.222. The molecule has 0 unspecified atom stereocenters. The molecule has 10 nitrogen and oxygen atoms in total. The highest BCUT2D eigenvalue weighted by atomic mass is 32.2. The smallest absolute Gasteiger partial charge is 0.270 e. The number of nitrogens with one attached hydrogen (secondary N) is 3. The van der Waals surface area contributed by atoms with Crippen molar-refractivity contribution in [1.29, 1.82) is 0 Å². The molecule has 0 radical (unpaired) electrons. The van der Waals surface area contributed by atoms with Gasteiger partial charge < -0.3 is 0 Å². The zero-order chi connectivity index (χ0) is 21.6. The summed E-state index contributed by atoms with van der Waals surface area (Å²) in [4.78, 5) is 33.4. The molecule has 2 aromatic rings. The van der Waals surface area contributed by atoms with E-state index in [0.29, 0.717) is 0 Å². The fourth-order valence-electron chi connectivity index (χ4n) is 2.29. The number of non-ortho nitro benzene ring substituents is 1. The second-order valence-corrected chi connectivity index (χ2v) is 8.22. The zero-order valence-corrected chi connectivity index (χ0v) is 16.5. The van der Waals surface area contributed by atoms with Gasteiger partial charge in [-0.25, -0.2) is 8.42 Å². The number of hydrogen-bond acceptors (Lipinski definition) is 6. The van der Waals surface area contributed by atoms with Crippen LogP contribution in [0.25, 0.3) is 0 Å². The lowest BCUT2D eigenvalue weighted by Gasteiger charge is -2.10. The maximum Gasteiger partial charge on any atom is 0.270 e. The van der Waals surface area contributed by atoms with Crippen LogP contribution in [0.4, 0.5) is 11.4 Å². The lowest BCUT2D eigenvalue weighted by Crippen LogP contribution is -2.41. The number of rotatable bonds is 7. The Labute approximate surface area is 167 Å². The van der Waals surface area contributed by atoms with E-state index < -0.39 is 20.9 Å². The molecule has 154 valence electrons. The standard InChI is InChI=1S/C18H20N4O6S/c1-12(2)10-17(23)19-20-18(24)13-6-8-14(9-7-13)21-29(27,28)16-5-3-4-15(11-16)22(25)26/h3-9,11-12,21H,10H2,1-2H3,(H,19,23)(H,20,24). The van der Waals surface area contributed by atoms with Crippen LogP contribution in [0.15, 0.2) is 53.4 Å². The van der Waals surface area contributed by atoms with Crippen LogP contribution in [0.1, 0.15) is 30.6 Å². The summed E-state index contributed by atoms with van der Waals surface area (Å²) in [6.45, 7) is 3.74. The first-order valence-electron chi connectivity index (χ1n) is 8.55. The van der Waals surface area contributed by atoms with Crippen molar-refractivity contribution in [3.63, 3.8) is 0 Å². The normalized spacial score (nSPS) is 11.0. The second-order valence-electron chi connectivity index (χ2n) is 6.54. The first kappa shape index (κ1) is 21.8. The predicted molar refractivity (Wildman–Crippen MR) is 105 cm³/mol. The van der Waals surface area contributed by atoms with E-state index in [1.807, 2.05) is 13.8 Å². The average Bonchev–Trinajstić information content (AvgIpc) is 2.66. The van der Waals surface area contributed by atoms with Crippen molar-refractivity contribution in [3.8, 4) is 0 Å². The van der Waals surface area contributed by atoms with Crippen molar-refractivity contribution < 1.29 is 22.9 Å². The summed E-state index contributed by atoms with van der Waals surface area (Å²) >= 11 is 0. The van der Waals surface area contributed by atoms with E-state index in [0.717, 1.165) is 6.07 Å². The van der Waals surface area contributed by atoms with Gasteiger partial charge in [-0.05, 0) is 36.2 Å². The van der Waals surface area contributed by atoms with Crippen molar-refractivity contribution in [2.75, 3.05) is 4.72 Å². The minimum Gasteiger partial charge on any atom is -0.280 e. The Hall–Kier alpha value is -3.47. The summed E-state index contributed by atoms with van der Waals surface area (Å²) in [7, 11) is -4.05. The van der Waals surface area contributed by atoms with E-state index in [1.165, 1.54) is 42.5 Å². The van der Waals surface area contributed by atoms with Crippen LogP contribution >= 0.6 is 0 Å². The molecule has 0 saturated heterocycles. The highest BCUT2D eigenvalue weighted by molar-refractivity contribution is 7.92. The van der Waals surface area contributed by atoms with Crippen LogP contribution in [0.2, 0.25) is 0 Å². The van der Waals surface area contributed by atoms with E-state index in [-0.39, 0.29) is 40.1 Å². The van der Waals surface area contributed by atoms with E-state index in [9.17, 15) is 28.1 Å². The molecule has 2 aromatic carbocycles. The van der Waals surface area contributed by atoms with E-state index in [1.54, 1.807) is 0 Å². The number of hydrogen-bond donors (Lipinski definition) is 3. The van der Waals surface area contributed by atoms with Crippen molar-refractivity contribution >= 4 is 33.2 Å². The van der Waals surface area contributed by atoms with Crippen molar-refractivity contribution in [2.45, 2.75) is 25.2 Å². The Morgan fingerprint density at radius 2 is 1.72 bits per heavy atom. The molecule has 3 N–H and O–H groups in total. The number of sulfonamides is 1. The predicted octanol–water partition coefficient (Wildman–Crippen LogP) is 2.20. The molecule has 2 rings (SSSR count). The molecule has 0 aliphatic heterocycles. The molecule has 0 heterocycles. The number of nitro groups is 1. The molecule has 0 aliphatic carbocycles. The molecule has 0 atom stereocenters. The van der Waals surface area contributed by atoms with Gasteiger partial charge in [0.25, 0.3) is 21.6 Å². The zero-order valence-electron chi connectivity index (χ0n) is 15.7. The van der Waals surface area contributed by atoms with Crippen molar-refractivity contribution in [1.82, 2.24) is 10.9 Å². The van der Waals surface area contributed by atoms with E-state index in [4.69, 9.17) is 0 Å². The lowest BCUT2D eigenvalue weighted by molar-refractivity contribution is -0.385. The highest BCUT2D eigenvalue weighted by Crippen LogP contribution is 2.20. The molecule has 0 fully saturated rings. The largest absolute Gasteiger partial charge is 0.280 e. The molecule has 29 heavy (non-hydrogen) atoms. The fourth-order valence-corrected chi connectivity index (χ4v) is 3.39. The van der Waals surface area contributed by atoms with Gasteiger partial charge in [0.15, 0.2) is 0 Å². The molecule has 0 aliphatic rings. The Kier molecular flexibility index (Phi) is 6.89. The summed E-state index contributed by atoms with van der Waals surface area (Å²) in [6, 6.07) is 10.1. The second kappa shape index (κ2) is 9.15. The maximum atomic E-state index is 12.4. The Bertz CT molecular complexity index is 1020. The first-order valence-corrected chi connectivity index (χ1v) is 10.0. The van der Waals surface area contributed by atoms with Crippen LogP contribution in [0.5, 0.6) is 0 Å². The third-order valence-electron chi connectivity index (χ3n) is 3.65. The number of anilines is 1. The Morgan fingerprint density at radius 3 is 2.31 bits per heavy atom. The quantitative estimate of drug-likeness (QED) is 0.462. The first-order chi connectivity index (χ1) is 13.6. The Morgan fingerprint density at radius 1 is 1.07 bits per heavy atom. The molecule has 0 spiro atoms. The third-order valence-corrected chi connectivity index (χ3v) is 5.03. The number of benzene rings is 2. The van der Waals surface area contributed by atoms with Gasteiger partial charge in [0.05, 0.1) is 9.82 Å². The number of carbonyl (C=O) groups excluding carboxylic acids is 2. The maximum absolute atomic E-state index is 12.4. The van der Waals surface area contributed by atoms with Crippen LogP contribution in [0, 0.1) is 16.0 Å². The SMILES string of the molecule is CC(C)CC(=O)NNC(=O)c1ccc(NS(=O)(=O)c2cccc([N+](=O)[O-])c2)cc1. The minimum atomic E-state index is -4.05. The monoisotopic (exact) mass is 420 g/mol. The van der Waals surface area contributed by atoms with Gasteiger partial charge in [0.2, 0.25) is 5.91 Å². The van der Waals surface area contributed by atoms with Crippen LogP contribution < -0.4 is 15.6 Å². The molecular weight excluding hydrogens is 400 g/mol. The average molecular weight is 420 g/mol. The van der Waals surface area contributed by atoms with Gasteiger partial charge >= 0.3 is 0 Å². The van der Waals surface area contributed by atoms with Crippen molar-refractivity contribution in [3.05, 3.63) is 64.2 Å². The number of hydrazine groups is 1. The third kappa shape index (κ3) is 6.28. The summed E-state index contributed by atoms with van der Waals surface area (Å²) in [5, 5.41) is 10.8. The van der Waals surface area contributed by atoms with E-state index in [2.05, 4.69) is 15.6 Å². The van der Waals surface area contributed by atoms with Crippen molar-refractivity contribution in [2.24, 2.45) is 5.92 Å². The molecule has 11 heteroatoms. The van der Waals surface area contributed by atoms with Gasteiger partial charge in [0, 0.05) is 29.8 Å². The van der Waals surface area contributed by atoms with Gasteiger partial charge in [0.1, 0.15) is 0 Å². The lowest BCUT2D eigenvalue weighted by atomic mass is 10.1. The molecular formula is C18H20N4O6S. The van der Waals surface area contributed by atoms with Gasteiger partial charge in [-0.15, -0.1) is 0 Å². The Balaban J connectivity index is 2.04. The summed E-state index contributed by atoms with van der Waals surface area (Å²) < 4.78 is 27.1. The van der Waals surface area contributed by atoms with Crippen LogP contribution in [-0.2, 0) is 14.8 Å². The number of nitrogens with zero attached hydrogens (tertiary/aromatic N) is 1. The molecule has 0 saturated carbocycles. The van der Waals surface area contributed by atoms with E-state index >= 15 is 0 Å². The summed E-state index contributed by atoms with van der Waals surface area (Å²) in [5.74, 6) is -0.741. The number of carbonyl (C=O) groups is 2. The summed E-state index contributed by atoms with van der Waals surface area (Å²) in [6.07, 6.45) is 0.263. The topological polar surface area (TPSA) is 148 Å². The molecule has 0 aromatic heterocycles. The van der Waals surface area contributed by atoms with Crippen LogP contribution in [0.3, 0.4) is 0 Å². The highest BCUT2D eigenvalue weighted by Gasteiger charge is 2.18. The summed E-state index contributed by atoms with van der Waals surface area (Å²) in [5.41, 5.74) is 4.59. The van der Waals surface area contributed by atoms with Gasteiger partial charge in [-0.1, -0.05) is 19.9 Å². The number of nitro benzene ring substituents is 1. The van der Waals surface area contributed by atoms with Gasteiger partial charge in [-0.3, -0.25) is 35.3 Å². The van der Waals surface area contributed by atoms with Crippen LogP contribution in [-0.4, -0.2) is 25.2 Å². The van der Waals surface area contributed by atoms with Gasteiger partial charge in [-0.2, -0.15) is 0 Å². The number of amides is 2. The molecule has 2 amide bonds. The molecule has 0 bridgehead atoms.